The van der Waals surface area contributed by atoms with E-state index in [2.05, 4.69) is 17.0 Å². The summed E-state index contributed by atoms with van der Waals surface area (Å²) in [5.74, 6) is -0.162. The number of aryl methyl sites for hydroxylation is 1. The predicted molar refractivity (Wildman–Crippen MR) is 124 cm³/mol. The van der Waals surface area contributed by atoms with Gasteiger partial charge in [-0.25, -0.2) is 8.42 Å². The summed E-state index contributed by atoms with van der Waals surface area (Å²) in [7, 11) is -3.86. The first-order chi connectivity index (χ1) is 14.8. The van der Waals surface area contributed by atoms with E-state index >= 15 is 0 Å². The summed E-state index contributed by atoms with van der Waals surface area (Å²) in [5.41, 5.74) is 2.19. The van der Waals surface area contributed by atoms with E-state index in [1.54, 1.807) is 24.3 Å². The first kappa shape index (κ1) is 22.9. The fourth-order valence-corrected chi connectivity index (χ4v) is 4.17. The topological polar surface area (TPSA) is 84.5 Å². The summed E-state index contributed by atoms with van der Waals surface area (Å²) in [6.45, 7) is 1.78. The molecular weight excluding hydrogens is 459 g/mol. The first-order valence-corrected chi connectivity index (χ1v) is 11.6. The third-order valence-corrected chi connectivity index (χ3v) is 6.24. The van der Waals surface area contributed by atoms with Crippen molar-refractivity contribution < 1.29 is 17.9 Å². The molecule has 162 valence electrons. The zero-order valence-electron chi connectivity index (χ0n) is 16.6. The molecule has 3 aromatic carbocycles. The lowest BCUT2D eigenvalue weighted by molar-refractivity contribution is -0.118. The molecule has 0 aliphatic carbocycles. The van der Waals surface area contributed by atoms with E-state index in [4.69, 9.17) is 27.9 Å². The molecule has 0 heterocycles. The Morgan fingerprint density at radius 2 is 1.58 bits per heavy atom. The molecule has 0 spiro atoms. The number of hydrogen-bond donors (Lipinski definition) is 2. The molecule has 0 aliphatic heterocycles. The van der Waals surface area contributed by atoms with Gasteiger partial charge in [0.15, 0.2) is 6.61 Å². The standard InChI is InChI=1S/C22H20Cl2N2O4S/c1-2-15-3-7-17(8-4-15)25-22(27)14-30-21-12-11-19(13-20(21)24)31(28,29)26-18-9-5-16(23)6-10-18/h3-13,26H,2,14H2,1H3,(H,25,27). The Bertz CT molecular complexity index is 1170. The van der Waals surface area contributed by atoms with Crippen LogP contribution in [0.25, 0.3) is 0 Å². The van der Waals surface area contributed by atoms with Crippen LogP contribution in [0.4, 0.5) is 11.4 Å². The number of carbonyl (C=O) groups excluding carboxylic acids is 1. The summed E-state index contributed by atoms with van der Waals surface area (Å²) < 4.78 is 33.0. The third kappa shape index (κ3) is 6.37. The van der Waals surface area contributed by atoms with Crippen molar-refractivity contribution in [2.24, 2.45) is 0 Å². The highest BCUT2D eigenvalue weighted by Crippen LogP contribution is 2.28. The molecule has 2 N–H and O–H groups in total. The Morgan fingerprint density at radius 3 is 2.19 bits per heavy atom. The zero-order valence-corrected chi connectivity index (χ0v) is 18.9. The lowest BCUT2D eigenvalue weighted by Crippen LogP contribution is -2.20. The van der Waals surface area contributed by atoms with Gasteiger partial charge in [-0.1, -0.05) is 42.3 Å². The van der Waals surface area contributed by atoms with Crippen molar-refractivity contribution in [3.05, 3.63) is 82.3 Å². The summed E-state index contributed by atoms with van der Waals surface area (Å²) in [5, 5.41) is 3.29. The second-order valence-corrected chi connectivity index (χ2v) is 9.12. The predicted octanol–water partition coefficient (Wildman–Crippen LogP) is 5.37. The summed E-state index contributed by atoms with van der Waals surface area (Å²) in [6.07, 6.45) is 0.913. The molecule has 0 bridgehead atoms. The minimum Gasteiger partial charge on any atom is -0.482 e. The largest absolute Gasteiger partial charge is 0.482 e. The van der Waals surface area contributed by atoms with Crippen LogP contribution in [-0.2, 0) is 21.2 Å². The average molecular weight is 479 g/mol. The number of benzene rings is 3. The number of sulfonamides is 1. The minimum atomic E-state index is -3.86. The molecule has 0 unspecified atom stereocenters. The Hall–Kier alpha value is -2.74. The van der Waals surface area contributed by atoms with Crippen molar-refractivity contribution in [1.82, 2.24) is 0 Å². The molecule has 3 rings (SSSR count). The quantitative estimate of drug-likeness (QED) is 0.455. The Kier molecular flexibility index (Phi) is 7.43. The molecule has 31 heavy (non-hydrogen) atoms. The van der Waals surface area contributed by atoms with Crippen molar-refractivity contribution >= 4 is 50.5 Å². The van der Waals surface area contributed by atoms with Gasteiger partial charge in [0.1, 0.15) is 5.75 Å². The normalized spacial score (nSPS) is 11.1. The number of rotatable bonds is 8. The molecule has 0 radical (unpaired) electrons. The van der Waals surface area contributed by atoms with E-state index in [1.807, 2.05) is 24.3 Å². The van der Waals surface area contributed by atoms with Crippen LogP contribution in [0, 0.1) is 0 Å². The molecule has 1 amide bonds. The molecule has 0 saturated heterocycles. The molecule has 0 aromatic heterocycles. The van der Waals surface area contributed by atoms with E-state index in [0.29, 0.717) is 16.4 Å². The highest BCUT2D eigenvalue weighted by Gasteiger charge is 2.17. The van der Waals surface area contributed by atoms with Gasteiger partial charge in [-0.3, -0.25) is 9.52 Å². The van der Waals surface area contributed by atoms with Gasteiger partial charge in [0, 0.05) is 16.4 Å². The highest BCUT2D eigenvalue weighted by molar-refractivity contribution is 7.92. The van der Waals surface area contributed by atoms with Crippen LogP contribution in [0.1, 0.15) is 12.5 Å². The average Bonchev–Trinajstić information content (AvgIpc) is 2.75. The van der Waals surface area contributed by atoms with Crippen molar-refractivity contribution in [2.45, 2.75) is 18.2 Å². The molecule has 6 nitrogen and oxygen atoms in total. The lowest BCUT2D eigenvalue weighted by atomic mass is 10.1. The van der Waals surface area contributed by atoms with Gasteiger partial charge < -0.3 is 10.1 Å². The van der Waals surface area contributed by atoms with Crippen LogP contribution in [0.3, 0.4) is 0 Å². The molecular formula is C22H20Cl2N2O4S. The second-order valence-electron chi connectivity index (χ2n) is 6.59. The monoisotopic (exact) mass is 478 g/mol. The van der Waals surface area contributed by atoms with Gasteiger partial charge in [-0.2, -0.15) is 0 Å². The maximum Gasteiger partial charge on any atom is 0.262 e. The van der Waals surface area contributed by atoms with Gasteiger partial charge in [0.05, 0.1) is 9.92 Å². The Balaban J connectivity index is 1.61. The van der Waals surface area contributed by atoms with Crippen LogP contribution in [0.2, 0.25) is 10.0 Å². The molecule has 0 aliphatic rings. The van der Waals surface area contributed by atoms with Gasteiger partial charge in [-0.05, 0) is 66.6 Å². The van der Waals surface area contributed by atoms with E-state index in [-0.39, 0.29) is 28.2 Å². The molecule has 3 aromatic rings. The Labute approximate surface area is 191 Å². The van der Waals surface area contributed by atoms with Crippen LogP contribution in [-0.4, -0.2) is 20.9 Å². The van der Waals surface area contributed by atoms with Crippen molar-refractivity contribution in [3.63, 3.8) is 0 Å². The second kappa shape index (κ2) is 10.0. The van der Waals surface area contributed by atoms with Gasteiger partial charge in [0.25, 0.3) is 15.9 Å². The third-order valence-electron chi connectivity index (χ3n) is 4.31. The fraction of sp³-hybridized carbons (Fsp3) is 0.136. The first-order valence-electron chi connectivity index (χ1n) is 9.36. The molecule has 0 fully saturated rings. The van der Waals surface area contributed by atoms with E-state index in [9.17, 15) is 13.2 Å². The number of halogens is 2. The van der Waals surface area contributed by atoms with Gasteiger partial charge >= 0.3 is 0 Å². The number of ether oxygens (including phenoxy) is 1. The van der Waals surface area contributed by atoms with E-state index in [0.717, 1.165) is 6.42 Å². The maximum absolute atomic E-state index is 12.6. The van der Waals surface area contributed by atoms with E-state index < -0.39 is 10.0 Å². The number of hydrogen-bond acceptors (Lipinski definition) is 4. The summed E-state index contributed by atoms with van der Waals surface area (Å²) in [4.78, 5) is 12.1. The number of amides is 1. The molecule has 0 atom stereocenters. The lowest BCUT2D eigenvalue weighted by Gasteiger charge is -2.12. The van der Waals surface area contributed by atoms with Crippen molar-refractivity contribution in [3.8, 4) is 5.75 Å². The zero-order chi connectivity index (χ0) is 22.4. The van der Waals surface area contributed by atoms with Gasteiger partial charge in [-0.15, -0.1) is 0 Å². The molecule has 9 heteroatoms. The fourth-order valence-electron chi connectivity index (χ4n) is 2.66. The minimum absolute atomic E-state index is 0.0414. The highest BCUT2D eigenvalue weighted by atomic mass is 35.5. The van der Waals surface area contributed by atoms with Crippen LogP contribution in [0.15, 0.2) is 71.6 Å². The smallest absolute Gasteiger partial charge is 0.262 e. The van der Waals surface area contributed by atoms with Crippen molar-refractivity contribution in [1.29, 1.82) is 0 Å². The van der Waals surface area contributed by atoms with Crippen LogP contribution >= 0.6 is 23.2 Å². The number of anilines is 2. The van der Waals surface area contributed by atoms with Crippen molar-refractivity contribution in [2.75, 3.05) is 16.6 Å². The van der Waals surface area contributed by atoms with Crippen LogP contribution < -0.4 is 14.8 Å². The SMILES string of the molecule is CCc1ccc(NC(=O)COc2ccc(S(=O)(=O)Nc3ccc(Cl)cc3)cc2Cl)cc1. The van der Waals surface area contributed by atoms with E-state index in [1.165, 1.54) is 23.8 Å². The Morgan fingerprint density at radius 1 is 0.935 bits per heavy atom. The van der Waals surface area contributed by atoms with Gasteiger partial charge in [0.2, 0.25) is 0 Å². The molecule has 0 saturated carbocycles. The number of carbonyl (C=O) groups is 1. The maximum atomic E-state index is 12.6. The summed E-state index contributed by atoms with van der Waals surface area (Å²) >= 11 is 12.0. The number of nitrogens with one attached hydrogen (secondary N) is 2. The summed E-state index contributed by atoms with van der Waals surface area (Å²) in [6, 6.07) is 17.8. The van der Waals surface area contributed by atoms with Crippen LogP contribution in [0.5, 0.6) is 5.75 Å².